The summed E-state index contributed by atoms with van der Waals surface area (Å²) >= 11 is 5.90. The number of amides is 1. The number of likely N-dealkylation sites (tertiary alicyclic amines) is 1. The Hall–Kier alpha value is -1.64. The van der Waals surface area contributed by atoms with Crippen molar-refractivity contribution in [3.63, 3.8) is 0 Å². The van der Waals surface area contributed by atoms with Crippen molar-refractivity contribution in [2.24, 2.45) is 0 Å². The number of nitriles is 1. The lowest BCUT2D eigenvalue weighted by molar-refractivity contribution is -0.132. The van der Waals surface area contributed by atoms with Crippen LogP contribution >= 0.6 is 22.1 Å². The molecule has 0 spiro atoms. The van der Waals surface area contributed by atoms with Crippen molar-refractivity contribution < 1.29 is 9.59 Å². The molecule has 1 aromatic rings. The van der Waals surface area contributed by atoms with Crippen molar-refractivity contribution in [2.45, 2.75) is 38.3 Å². The van der Waals surface area contributed by atoms with E-state index in [1.165, 1.54) is 0 Å². The van der Waals surface area contributed by atoms with Gasteiger partial charge in [0, 0.05) is 18.0 Å². The van der Waals surface area contributed by atoms with Crippen molar-refractivity contribution in [3.8, 4) is 6.07 Å². The second-order valence-electron chi connectivity index (χ2n) is 6.12. The molecule has 2 aliphatic rings. The molecule has 1 amide bonds. The van der Waals surface area contributed by atoms with E-state index in [4.69, 9.17) is 11.6 Å². The lowest BCUT2D eigenvalue weighted by atomic mass is 10.1. The van der Waals surface area contributed by atoms with E-state index in [0.29, 0.717) is 29.3 Å². The summed E-state index contributed by atoms with van der Waals surface area (Å²) in [5.74, 6) is 1.72. The van der Waals surface area contributed by atoms with Gasteiger partial charge in [0.05, 0.1) is 6.04 Å². The Morgan fingerprint density at radius 3 is 2.58 bits per heavy atom. The number of nitrogens with zero attached hydrogens (tertiary/aromatic N) is 2. The molecule has 0 bridgehead atoms. The third kappa shape index (κ3) is 3.55. The van der Waals surface area contributed by atoms with Gasteiger partial charge in [-0.05, 0) is 48.5 Å². The van der Waals surface area contributed by atoms with Crippen LogP contribution in [0.2, 0.25) is 5.02 Å². The molecular weight excluding hydrogens is 344 g/mol. The van der Waals surface area contributed by atoms with Gasteiger partial charge in [0.25, 0.3) is 0 Å². The molecule has 2 heterocycles. The molecule has 2 fully saturated rings. The van der Waals surface area contributed by atoms with Gasteiger partial charge in [0.2, 0.25) is 11.7 Å². The van der Waals surface area contributed by atoms with Gasteiger partial charge in [-0.15, -0.1) is 0 Å². The third-order valence-electron chi connectivity index (χ3n) is 4.54. The van der Waals surface area contributed by atoms with E-state index in [0.717, 1.165) is 29.9 Å². The average molecular weight is 363 g/mol. The largest absolute Gasteiger partial charge is 0.328 e. The monoisotopic (exact) mass is 362 g/mol. The maximum absolute atomic E-state index is 12.9. The summed E-state index contributed by atoms with van der Waals surface area (Å²) in [4.78, 5) is 27.2. The van der Waals surface area contributed by atoms with Crippen LogP contribution in [0.5, 0.6) is 0 Å². The smallest absolute Gasteiger partial charge is 0.223 e. The van der Waals surface area contributed by atoms with Crippen LogP contribution in [0.4, 0.5) is 0 Å². The van der Waals surface area contributed by atoms with Crippen LogP contribution in [0.3, 0.4) is 0 Å². The van der Waals surface area contributed by atoms with Gasteiger partial charge in [-0.3, -0.25) is 9.59 Å². The van der Waals surface area contributed by atoms with Gasteiger partial charge in [-0.1, -0.05) is 23.7 Å². The Balaban J connectivity index is 1.82. The number of carbonyl (C=O) groups is 2. The van der Waals surface area contributed by atoms with Gasteiger partial charge in [0.1, 0.15) is 10.9 Å². The maximum atomic E-state index is 12.9. The summed E-state index contributed by atoms with van der Waals surface area (Å²) in [6.07, 6.45) is 3.05. The van der Waals surface area contributed by atoms with Crippen molar-refractivity contribution in [3.05, 3.63) is 34.9 Å². The van der Waals surface area contributed by atoms with E-state index < -0.39 is 6.04 Å². The number of benzene rings is 1. The van der Waals surface area contributed by atoms with Gasteiger partial charge < -0.3 is 4.90 Å². The fourth-order valence-electron chi connectivity index (χ4n) is 3.26. The summed E-state index contributed by atoms with van der Waals surface area (Å²) in [5.41, 5.74) is 0.939. The zero-order valence-electron chi connectivity index (χ0n) is 13.3. The molecule has 2 aliphatic heterocycles. The molecule has 0 N–H and O–H groups in total. The molecular formula is C18H19ClN2O2S. The Kier molecular flexibility index (Phi) is 5.37. The van der Waals surface area contributed by atoms with Crippen molar-refractivity contribution in [2.75, 3.05) is 11.5 Å². The standard InChI is InChI=1S/C18H19ClN2O2S/c19-14-5-3-13(4-6-14)12-21-15(7-8-17(21)22)18(23)16(11-20)24-9-1-2-10-24/h3-6,15H,1-2,7-10,12H2/t15-/m1/s1. The second-order valence-corrected chi connectivity index (χ2v) is 8.76. The first kappa shape index (κ1) is 17.2. The minimum atomic E-state index is -0.490. The molecule has 0 unspecified atom stereocenters. The van der Waals surface area contributed by atoms with E-state index >= 15 is 0 Å². The van der Waals surface area contributed by atoms with E-state index in [1.807, 2.05) is 12.1 Å². The Labute approximate surface area is 149 Å². The molecule has 126 valence electrons. The summed E-state index contributed by atoms with van der Waals surface area (Å²) in [7, 11) is -0.216. The molecule has 0 aromatic heterocycles. The van der Waals surface area contributed by atoms with Crippen LogP contribution in [-0.4, -0.2) is 39.0 Å². The molecule has 1 aromatic carbocycles. The third-order valence-corrected chi connectivity index (χ3v) is 7.23. The van der Waals surface area contributed by atoms with Crippen molar-refractivity contribution >= 4 is 38.6 Å². The molecule has 24 heavy (non-hydrogen) atoms. The first-order valence-corrected chi connectivity index (χ1v) is 10.1. The van der Waals surface area contributed by atoms with Gasteiger partial charge >= 0.3 is 0 Å². The van der Waals surface area contributed by atoms with Gasteiger partial charge in [-0.25, -0.2) is 0 Å². The number of hydrogen-bond donors (Lipinski definition) is 0. The second kappa shape index (κ2) is 7.50. The van der Waals surface area contributed by atoms with Crippen LogP contribution in [-0.2, 0) is 16.1 Å². The first-order valence-electron chi connectivity index (χ1n) is 8.13. The maximum Gasteiger partial charge on any atom is 0.223 e. The molecule has 1 atom stereocenters. The normalized spacial score (nSPS) is 21.1. The highest BCUT2D eigenvalue weighted by Gasteiger charge is 2.38. The predicted molar refractivity (Wildman–Crippen MR) is 97.2 cm³/mol. The molecule has 0 saturated carbocycles. The van der Waals surface area contributed by atoms with E-state index in [-0.39, 0.29) is 22.2 Å². The Bertz CT molecular complexity index is 728. The van der Waals surface area contributed by atoms with Gasteiger partial charge in [0.15, 0.2) is 0 Å². The predicted octanol–water partition coefficient (Wildman–Crippen LogP) is 3.16. The molecule has 3 rings (SSSR count). The SMILES string of the molecule is N#CC(C(=O)[C@H]1CCC(=O)N1Cc1ccc(Cl)cc1)=S1CCCC1. The minimum Gasteiger partial charge on any atom is -0.328 e. The number of halogens is 1. The fourth-order valence-corrected chi connectivity index (χ4v) is 5.66. The summed E-state index contributed by atoms with van der Waals surface area (Å²) < 4.78 is 0. The highest BCUT2D eigenvalue weighted by molar-refractivity contribution is 8.17. The number of ketones is 1. The quantitative estimate of drug-likeness (QED) is 0.773. The summed E-state index contributed by atoms with van der Waals surface area (Å²) in [5, 5.41) is 10.1. The number of Topliss-reactive ketones (excluding diaryl/α,β-unsaturated/α-hetero) is 1. The number of carbonyl (C=O) groups excluding carboxylic acids is 2. The van der Waals surface area contributed by atoms with Gasteiger partial charge in [-0.2, -0.15) is 15.7 Å². The highest BCUT2D eigenvalue weighted by Crippen LogP contribution is 2.30. The molecule has 6 heteroatoms. The topological polar surface area (TPSA) is 61.2 Å². The van der Waals surface area contributed by atoms with Crippen molar-refractivity contribution in [1.29, 1.82) is 5.26 Å². The zero-order chi connectivity index (χ0) is 17.1. The van der Waals surface area contributed by atoms with E-state index in [1.54, 1.807) is 17.0 Å². The van der Waals surface area contributed by atoms with E-state index in [2.05, 4.69) is 6.07 Å². The summed E-state index contributed by atoms with van der Waals surface area (Å²) in [6.45, 7) is 0.388. The van der Waals surface area contributed by atoms with Crippen LogP contribution in [0, 0.1) is 11.3 Å². The van der Waals surface area contributed by atoms with Crippen LogP contribution in [0.1, 0.15) is 31.2 Å². The minimum absolute atomic E-state index is 0.0182. The Morgan fingerprint density at radius 2 is 1.96 bits per heavy atom. The Morgan fingerprint density at radius 1 is 1.29 bits per heavy atom. The molecule has 0 aliphatic carbocycles. The van der Waals surface area contributed by atoms with Crippen molar-refractivity contribution in [1.82, 2.24) is 4.90 Å². The average Bonchev–Trinajstić information content (AvgIpc) is 3.21. The van der Waals surface area contributed by atoms with Crippen LogP contribution in [0.15, 0.2) is 24.3 Å². The lowest BCUT2D eigenvalue weighted by Gasteiger charge is -2.24. The molecule has 0 radical (unpaired) electrons. The highest BCUT2D eigenvalue weighted by atomic mass is 35.5. The zero-order valence-corrected chi connectivity index (χ0v) is 14.9. The first-order chi connectivity index (χ1) is 11.6. The molecule has 4 nitrogen and oxygen atoms in total. The van der Waals surface area contributed by atoms with E-state index in [9.17, 15) is 14.9 Å². The number of rotatable bonds is 4. The summed E-state index contributed by atoms with van der Waals surface area (Å²) in [6, 6.07) is 8.95. The van der Waals surface area contributed by atoms with Crippen LogP contribution < -0.4 is 0 Å². The molecule has 2 saturated heterocycles. The fraction of sp³-hybridized carbons (Fsp3) is 0.444. The van der Waals surface area contributed by atoms with Crippen LogP contribution in [0.25, 0.3) is 0 Å². The number of hydrogen-bond acceptors (Lipinski definition) is 3. The lowest BCUT2D eigenvalue weighted by Crippen LogP contribution is -2.41.